The lowest BCUT2D eigenvalue weighted by molar-refractivity contribution is 0.157. The van der Waals surface area contributed by atoms with Crippen molar-refractivity contribution in [2.24, 2.45) is 0 Å². The van der Waals surface area contributed by atoms with Gasteiger partial charge in [-0.05, 0) is 13.1 Å². The van der Waals surface area contributed by atoms with Crippen molar-refractivity contribution in [2.75, 3.05) is 20.4 Å². The van der Waals surface area contributed by atoms with E-state index in [1.54, 1.807) is 19.2 Å². The Bertz CT molecular complexity index is 370. The van der Waals surface area contributed by atoms with E-state index >= 15 is 0 Å². The van der Waals surface area contributed by atoms with E-state index < -0.39 is 6.10 Å². The number of rotatable bonds is 3. The van der Waals surface area contributed by atoms with Gasteiger partial charge in [-0.2, -0.15) is 0 Å². The summed E-state index contributed by atoms with van der Waals surface area (Å²) in [7, 11) is 1.77. The summed E-state index contributed by atoms with van der Waals surface area (Å²) in [5.41, 5.74) is 0.657. The van der Waals surface area contributed by atoms with Crippen LogP contribution in [0, 0.1) is 0 Å². The molecule has 2 N–H and O–H groups in total. The molecule has 0 aromatic heterocycles. The Morgan fingerprint density at radius 2 is 2.33 bits per heavy atom. The molecule has 1 unspecified atom stereocenters. The number of aliphatic hydroxyl groups is 1. The van der Waals surface area contributed by atoms with Crippen LogP contribution in [0.3, 0.4) is 0 Å². The molecule has 0 saturated heterocycles. The summed E-state index contributed by atoms with van der Waals surface area (Å²) in [5.74, 6) is 1.18. The van der Waals surface area contributed by atoms with Crippen molar-refractivity contribution >= 4 is 11.6 Å². The molecule has 1 aromatic rings. The topological polar surface area (TPSA) is 50.7 Å². The van der Waals surface area contributed by atoms with Gasteiger partial charge in [-0.25, -0.2) is 0 Å². The standard InChI is InChI=1S/C10H12ClNO3/c1-12-4-8(13)7-2-6(11)3-9-10(7)15-5-14-9/h2-3,8,12-13H,4-5H2,1H3. The lowest BCUT2D eigenvalue weighted by Crippen LogP contribution is -2.17. The van der Waals surface area contributed by atoms with Gasteiger partial charge in [0, 0.05) is 23.2 Å². The van der Waals surface area contributed by atoms with Crippen molar-refractivity contribution in [3.63, 3.8) is 0 Å². The minimum atomic E-state index is -0.649. The van der Waals surface area contributed by atoms with E-state index in [2.05, 4.69) is 5.32 Å². The van der Waals surface area contributed by atoms with Crippen LogP contribution in [0.5, 0.6) is 11.5 Å². The maximum Gasteiger partial charge on any atom is 0.231 e. The molecule has 1 aliphatic heterocycles. The highest BCUT2D eigenvalue weighted by Crippen LogP contribution is 2.40. The predicted octanol–water partition coefficient (Wildman–Crippen LogP) is 1.32. The van der Waals surface area contributed by atoms with Crippen LogP contribution in [-0.4, -0.2) is 25.5 Å². The van der Waals surface area contributed by atoms with E-state index in [0.29, 0.717) is 28.6 Å². The maximum absolute atomic E-state index is 9.85. The lowest BCUT2D eigenvalue weighted by Gasteiger charge is -2.13. The van der Waals surface area contributed by atoms with Crippen molar-refractivity contribution in [3.05, 3.63) is 22.7 Å². The molecule has 82 valence electrons. The molecule has 5 heteroatoms. The molecule has 1 heterocycles. The zero-order valence-corrected chi connectivity index (χ0v) is 9.04. The predicted molar refractivity (Wildman–Crippen MR) is 56.5 cm³/mol. The first kappa shape index (κ1) is 10.5. The van der Waals surface area contributed by atoms with Crippen LogP contribution in [-0.2, 0) is 0 Å². The smallest absolute Gasteiger partial charge is 0.231 e. The third kappa shape index (κ3) is 2.02. The first-order valence-corrected chi connectivity index (χ1v) is 5.02. The second-order valence-corrected chi connectivity index (χ2v) is 3.74. The van der Waals surface area contributed by atoms with E-state index in [9.17, 15) is 5.11 Å². The van der Waals surface area contributed by atoms with Gasteiger partial charge in [0.25, 0.3) is 0 Å². The number of likely N-dealkylation sites (N-methyl/N-ethyl adjacent to an activating group) is 1. The fourth-order valence-corrected chi connectivity index (χ4v) is 1.77. The molecule has 0 fully saturated rings. The number of ether oxygens (including phenoxy) is 2. The van der Waals surface area contributed by atoms with E-state index in [1.165, 1.54) is 0 Å². The number of fused-ring (bicyclic) bond motifs is 1. The van der Waals surface area contributed by atoms with Gasteiger partial charge in [0.2, 0.25) is 6.79 Å². The Morgan fingerprint density at radius 1 is 1.53 bits per heavy atom. The molecular formula is C10H12ClNO3. The van der Waals surface area contributed by atoms with E-state index in [-0.39, 0.29) is 6.79 Å². The largest absolute Gasteiger partial charge is 0.454 e. The Hall–Kier alpha value is -0.970. The molecular weight excluding hydrogens is 218 g/mol. The van der Waals surface area contributed by atoms with Gasteiger partial charge < -0.3 is 19.9 Å². The van der Waals surface area contributed by atoms with Crippen molar-refractivity contribution < 1.29 is 14.6 Å². The number of benzene rings is 1. The third-order valence-corrected chi connectivity index (χ3v) is 2.44. The van der Waals surface area contributed by atoms with E-state index in [4.69, 9.17) is 21.1 Å². The zero-order valence-electron chi connectivity index (χ0n) is 8.29. The molecule has 2 rings (SSSR count). The molecule has 1 atom stereocenters. The first-order valence-electron chi connectivity index (χ1n) is 4.64. The minimum absolute atomic E-state index is 0.176. The van der Waals surface area contributed by atoms with Crippen molar-refractivity contribution in [1.82, 2.24) is 5.32 Å². The number of nitrogens with one attached hydrogen (secondary N) is 1. The molecule has 0 spiro atoms. The first-order chi connectivity index (χ1) is 7.22. The van der Waals surface area contributed by atoms with Gasteiger partial charge in [-0.3, -0.25) is 0 Å². The SMILES string of the molecule is CNCC(O)c1cc(Cl)cc2c1OCO2. The molecule has 0 bridgehead atoms. The fraction of sp³-hybridized carbons (Fsp3) is 0.400. The fourth-order valence-electron chi connectivity index (χ4n) is 1.55. The average Bonchev–Trinajstić information content (AvgIpc) is 2.64. The summed E-state index contributed by atoms with van der Waals surface area (Å²) in [5, 5.41) is 13.3. The number of hydrogen-bond donors (Lipinski definition) is 2. The van der Waals surface area contributed by atoms with Crippen molar-refractivity contribution in [1.29, 1.82) is 0 Å². The number of halogens is 1. The second-order valence-electron chi connectivity index (χ2n) is 3.30. The molecule has 1 aliphatic rings. The van der Waals surface area contributed by atoms with E-state index in [1.807, 2.05) is 0 Å². The van der Waals surface area contributed by atoms with Gasteiger partial charge >= 0.3 is 0 Å². The normalized spacial score (nSPS) is 15.4. The Labute approximate surface area is 92.8 Å². The summed E-state index contributed by atoms with van der Waals surface area (Å²) < 4.78 is 10.5. The van der Waals surface area contributed by atoms with Gasteiger partial charge in [0.15, 0.2) is 11.5 Å². The molecule has 0 radical (unpaired) electrons. The third-order valence-electron chi connectivity index (χ3n) is 2.22. The summed E-state index contributed by atoms with van der Waals surface area (Å²) in [6.45, 7) is 0.616. The lowest BCUT2D eigenvalue weighted by atomic mass is 10.1. The van der Waals surface area contributed by atoms with Crippen LogP contribution < -0.4 is 14.8 Å². The minimum Gasteiger partial charge on any atom is -0.454 e. The molecule has 0 saturated carbocycles. The van der Waals surface area contributed by atoms with E-state index in [0.717, 1.165) is 0 Å². The molecule has 1 aromatic carbocycles. The molecule has 0 aliphatic carbocycles. The second kappa shape index (κ2) is 4.26. The number of aliphatic hydroxyl groups excluding tert-OH is 1. The van der Waals surface area contributed by atoms with Crippen molar-refractivity contribution in [2.45, 2.75) is 6.10 Å². The molecule has 0 amide bonds. The van der Waals surface area contributed by atoms with Gasteiger partial charge in [0.1, 0.15) is 0 Å². The monoisotopic (exact) mass is 229 g/mol. The molecule has 15 heavy (non-hydrogen) atoms. The van der Waals surface area contributed by atoms with Crippen LogP contribution in [0.4, 0.5) is 0 Å². The summed E-state index contributed by atoms with van der Waals surface area (Å²) >= 11 is 5.91. The Balaban J connectivity index is 2.37. The number of hydrogen-bond acceptors (Lipinski definition) is 4. The maximum atomic E-state index is 9.85. The highest BCUT2D eigenvalue weighted by atomic mass is 35.5. The van der Waals surface area contributed by atoms with Gasteiger partial charge in [-0.15, -0.1) is 0 Å². The Morgan fingerprint density at radius 3 is 3.07 bits per heavy atom. The Kier molecular flexibility index (Phi) is 3.00. The quantitative estimate of drug-likeness (QED) is 0.821. The zero-order chi connectivity index (χ0) is 10.8. The van der Waals surface area contributed by atoms with Crippen molar-refractivity contribution in [3.8, 4) is 11.5 Å². The summed E-state index contributed by atoms with van der Waals surface area (Å²) in [4.78, 5) is 0. The summed E-state index contributed by atoms with van der Waals surface area (Å²) in [6, 6.07) is 3.37. The van der Waals surface area contributed by atoms with Gasteiger partial charge in [-0.1, -0.05) is 11.6 Å². The van der Waals surface area contributed by atoms with Crippen LogP contribution in [0.1, 0.15) is 11.7 Å². The summed E-state index contributed by atoms with van der Waals surface area (Å²) in [6.07, 6.45) is -0.649. The molecule has 4 nitrogen and oxygen atoms in total. The van der Waals surface area contributed by atoms with Gasteiger partial charge in [0.05, 0.1) is 6.10 Å². The average molecular weight is 230 g/mol. The highest BCUT2D eigenvalue weighted by Gasteiger charge is 2.22. The van der Waals surface area contributed by atoms with Crippen LogP contribution in [0.25, 0.3) is 0 Å². The van der Waals surface area contributed by atoms with Crippen LogP contribution in [0.2, 0.25) is 5.02 Å². The van der Waals surface area contributed by atoms with Crippen LogP contribution in [0.15, 0.2) is 12.1 Å². The van der Waals surface area contributed by atoms with Crippen LogP contribution >= 0.6 is 11.6 Å². The highest BCUT2D eigenvalue weighted by molar-refractivity contribution is 6.30.